The maximum absolute atomic E-state index is 11.2. The molecule has 0 aliphatic heterocycles. The number of carboxylic acid groups (broad SMARTS) is 1. The van der Waals surface area contributed by atoms with E-state index in [0.29, 0.717) is 6.42 Å². The van der Waals surface area contributed by atoms with Gasteiger partial charge in [0.2, 0.25) is 5.91 Å². The van der Waals surface area contributed by atoms with Gasteiger partial charge in [-0.1, -0.05) is 64.9 Å². The van der Waals surface area contributed by atoms with Crippen LogP contribution in [0.3, 0.4) is 0 Å². The van der Waals surface area contributed by atoms with Gasteiger partial charge in [0.05, 0.1) is 0 Å². The summed E-state index contributed by atoms with van der Waals surface area (Å²) in [7, 11) is 0. The summed E-state index contributed by atoms with van der Waals surface area (Å²) >= 11 is 0. The zero-order valence-corrected chi connectivity index (χ0v) is 15.7. The van der Waals surface area contributed by atoms with Gasteiger partial charge in [-0.25, -0.2) is 0 Å². The number of carboxylic acids is 1. The summed E-state index contributed by atoms with van der Waals surface area (Å²) in [6, 6.07) is -0.342. The Morgan fingerprint density at radius 2 is 1.62 bits per heavy atom. The topological polar surface area (TPSA) is 69.2 Å². The van der Waals surface area contributed by atoms with Crippen LogP contribution >= 0.6 is 0 Å². The molecule has 0 aromatic rings. The smallest absolute Gasteiger partial charge is 0.550 e. The van der Waals surface area contributed by atoms with Crippen molar-refractivity contribution in [3.05, 3.63) is 12.7 Å². The summed E-state index contributed by atoms with van der Waals surface area (Å²) < 4.78 is 0. The van der Waals surface area contributed by atoms with Crippen LogP contribution in [0.15, 0.2) is 12.7 Å². The van der Waals surface area contributed by atoms with Crippen molar-refractivity contribution in [1.82, 2.24) is 5.32 Å². The maximum atomic E-state index is 11.2. The van der Waals surface area contributed by atoms with Gasteiger partial charge >= 0.3 is 29.6 Å². The van der Waals surface area contributed by atoms with Crippen molar-refractivity contribution in [3.8, 4) is 0 Å². The molecule has 0 aromatic carbocycles. The Morgan fingerprint density at radius 1 is 1.10 bits per heavy atom. The van der Waals surface area contributed by atoms with Crippen LogP contribution in [0, 0.1) is 0 Å². The quantitative estimate of drug-likeness (QED) is 0.279. The maximum Gasteiger partial charge on any atom is 1.00 e. The Bertz CT molecular complexity index is 295. The van der Waals surface area contributed by atoms with E-state index in [0.717, 1.165) is 18.9 Å². The van der Waals surface area contributed by atoms with Crippen LogP contribution in [0.2, 0.25) is 0 Å². The van der Waals surface area contributed by atoms with Crippen molar-refractivity contribution in [3.63, 3.8) is 0 Å². The first-order valence-corrected chi connectivity index (χ1v) is 7.73. The van der Waals surface area contributed by atoms with Crippen molar-refractivity contribution in [2.75, 3.05) is 0 Å². The zero-order chi connectivity index (χ0) is 15.2. The molecule has 1 amide bonds. The molecular formula is C16H28NNaO3. The van der Waals surface area contributed by atoms with Crippen molar-refractivity contribution >= 4 is 11.9 Å². The fourth-order valence-corrected chi connectivity index (χ4v) is 2.21. The summed E-state index contributed by atoms with van der Waals surface area (Å²) in [5, 5.41) is 13.3. The van der Waals surface area contributed by atoms with Crippen LogP contribution in [0.25, 0.3) is 0 Å². The molecule has 1 N–H and O–H groups in total. The number of hydrogen-bond donors (Lipinski definition) is 1. The molecule has 5 heteroatoms. The van der Waals surface area contributed by atoms with Crippen LogP contribution in [0.4, 0.5) is 0 Å². The van der Waals surface area contributed by atoms with E-state index >= 15 is 0 Å². The summed E-state index contributed by atoms with van der Waals surface area (Å²) in [5.74, 6) is -1.45. The van der Waals surface area contributed by atoms with Gasteiger partial charge in [0.1, 0.15) is 0 Å². The standard InChI is InChI=1S/C16H29NO3.Na/c1-3-5-6-7-8-9-10-11-12-14(13-16(19)20)17-15(18)4-2;/h4,14H,2-3,5-13H2,1H3,(H,17,18)(H,19,20);/q;+1/p-1. The molecule has 0 heterocycles. The second kappa shape index (κ2) is 16.1. The number of rotatable bonds is 13. The first kappa shape index (κ1) is 23.0. The molecule has 0 aromatic heterocycles. The first-order valence-electron chi connectivity index (χ1n) is 7.73. The monoisotopic (exact) mass is 305 g/mol. The van der Waals surface area contributed by atoms with Gasteiger partial charge in [-0.15, -0.1) is 0 Å². The molecular weight excluding hydrogens is 277 g/mol. The number of unbranched alkanes of at least 4 members (excludes halogenated alkanes) is 7. The molecule has 116 valence electrons. The largest absolute Gasteiger partial charge is 1.00 e. The van der Waals surface area contributed by atoms with Crippen LogP contribution < -0.4 is 40.0 Å². The van der Waals surface area contributed by atoms with Gasteiger partial charge in [0.15, 0.2) is 0 Å². The molecule has 0 spiro atoms. The molecule has 0 radical (unpaired) electrons. The van der Waals surface area contributed by atoms with Crippen molar-refractivity contribution in [1.29, 1.82) is 0 Å². The van der Waals surface area contributed by atoms with E-state index < -0.39 is 5.97 Å². The van der Waals surface area contributed by atoms with Gasteiger partial charge in [-0.3, -0.25) is 4.79 Å². The molecule has 0 fully saturated rings. The van der Waals surface area contributed by atoms with Crippen LogP contribution in [0.1, 0.15) is 71.1 Å². The number of hydrogen-bond acceptors (Lipinski definition) is 3. The Labute approximate surface area is 151 Å². The van der Waals surface area contributed by atoms with Gasteiger partial charge < -0.3 is 15.2 Å². The van der Waals surface area contributed by atoms with E-state index in [1.54, 1.807) is 0 Å². The molecule has 0 rings (SSSR count). The number of amides is 1. The fourth-order valence-electron chi connectivity index (χ4n) is 2.21. The molecule has 1 atom stereocenters. The van der Waals surface area contributed by atoms with Crippen LogP contribution in [-0.2, 0) is 9.59 Å². The molecule has 0 aliphatic carbocycles. The molecule has 21 heavy (non-hydrogen) atoms. The second-order valence-electron chi connectivity index (χ2n) is 5.25. The Kier molecular flexibility index (Phi) is 17.6. The van der Waals surface area contributed by atoms with Crippen LogP contribution in [0.5, 0.6) is 0 Å². The molecule has 4 nitrogen and oxygen atoms in total. The molecule has 0 saturated carbocycles. The first-order chi connectivity index (χ1) is 9.60. The molecule has 0 bridgehead atoms. The van der Waals surface area contributed by atoms with Crippen molar-refractivity contribution in [2.24, 2.45) is 0 Å². The zero-order valence-electron chi connectivity index (χ0n) is 13.7. The van der Waals surface area contributed by atoms with E-state index in [1.807, 2.05) is 0 Å². The second-order valence-corrected chi connectivity index (χ2v) is 5.25. The van der Waals surface area contributed by atoms with E-state index in [4.69, 9.17) is 0 Å². The summed E-state index contributed by atoms with van der Waals surface area (Å²) in [4.78, 5) is 21.8. The SMILES string of the molecule is C=CC(=O)NC(CCCCCCCCCC)CC(=O)[O-].[Na+]. The number of carbonyl (C=O) groups excluding carboxylic acids is 2. The summed E-state index contributed by atoms with van der Waals surface area (Å²) in [6.45, 7) is 5.57. The molecule has 1 unspecified atom stereocenters. The average Bonchev–Trinajstić information content (AvgIpc) is 2.40. The Balaban J connectivity index is 0. The Morgan fingerprint density at radius 3 is 2.10 bits per heavy atom. The van der Waals surface area contributed by atoms with Gasteiger partial charge in [-0.2, -0.15) is 0 Å². The number of carbonyl (C=O) groups is 2. The number of aliphatic carboxylic acids is 1. The van der Waals surface area contributed by atoms with E-state index in [1.165, 1.54) is 38.5 Å². The van der Waals surface area contributed by atoms with E-state index in [-0.39, 0.29) is 47.9 Å². The van der Waals surface area contributed by atoms with Gasteiger partial charge in [-0.05, 0) is 12.5 Å². The van der Waals surface area contributed by atoms with Gasteiger partial charge in [0.25, 0.3) is 0 Å². The van der Waals surface area contributed by atoms with Crippen LogP contribution in [-0.4, -0.2) is 17.9 Å². The predicted molar refractivity (Wildman–Crippen MR) is 79.0 cm³/mol. The number of nitrogens with one attached hydrogen (secondary N) is 1. The van der Waals surface area contributed by atoms with Crippen molar-refractivity contribution < 1.29 is 44.3 Å². The average molecular weight is 305 g/mol. The summed E-state index contributed by atoms with van der Waals surface area (Å²) in [5.41, 5.74) is 0. The predicted octanol–water partition coefficient (Wildman–Crippen LogP) is -0.668. The summed E-state index contributed by atoms with van der Waals surface area (Å²) in [6.07, 6.45) is 11.3. The minimum Gasteiger partial charge on any atom is -0.550 e. The normalized spacial score (nSPS) is 11.3. The molecule has 0 saturated heterocycles. The van der Waals surface area contributed by atoms with Crippen molar-refractivity contribution in [2.45, 2.75) is 77.2 Å². The third-order valence-corrected chi connectivity index (χ3v) is 3.35. The Hall–Kier alpha value is -0.320. The van der Waals surface area contributed by atoms with Gasteiger partial charge in [0, 0.05) is 18.4 Å². The minimum atomic E-state index is -1.13. The van der Waals surface area contributed by atoms with E-state index in [9.17, 15) is 14.7 Å². The minimum absolute atomic E-state index is 0. The molecule has 0 aliphatic rings. The van der Waals surface area contributed by atoms with E-state index in [2.05, 4.69) is 18.8 Å². The third kappa shape index (κ3) is 15.9. The third-order valence-electron chi connectivity index (χ3n) is 3.35. The fraction of sp³-hybridized carbons (Fsp3) is 0.750.